The first-order chi connectivity index (χ1) is 10.2. The van der Waals surface area contributed by atoms with E-state index in [1.54, 1.807) is 7.11 Å². The first-order valence-corrected chi connectivity index (χ1v) is 6.81. The molecule has 0 fully saturated rings. The van der Waals surface area contributed by atoms with E-state index in [4.69, 9.17) is 4.74 Å². The van der Waals surface area contributed by atoms with Crippen LogP contribution in [-0.4, -0.2) is 21.9 Å². The van der Waals surface area contributed by atoms with Gasteiger partial charge >= 0.3 is 0 Å². The number of benzene rings is 1. The molecule has 0 unspecified atom stereocenters. The molecule has 2 aromatic heterocycles. The van der Waals surface area contributed by atoms with Gasteiger partial charge in [0.2, 0.25) is 5.88 Å². The highest BCUT2D eigenvalue weighted by molar-refractivity contribution is 5.66. The topological polar surface area (TPSA) is 39.9 Å². The van der Waals surface area contributed by atoms with Gasteiger partial charge in [-0.15, -0.1) is 0 Å². The second-order valence-corrected chi connectivity index (χ2v) is 4.99. The Morgan fingerprint density at radius 1 is 1.00 bits per heavy atom. The van der Waals surface area contributed by atoms with E-state index in [9.17, 15) is 0 Å². The molecule has 106 valence electrons. The van der Waals surface area contributed by atoms with E-state index < -0.39 is 0 Å². The van der Waals surface area contributed by atoms with E-state index in [0.717, 1.165) is 22.5 Å². The van der Waals surface area contributed by atoms with Gasteiger partial charge in [-0.3, -0.25) is 0 Å². The lowest BCUT2D eigenvalue weighted by Crippen LogP contribution is -1.98. The van der Waals surface area contributed by atoms with Crippen molar-refractivity contribution in [1.82, 2.24) is 14.8 Å². The third kappa shape index (κ3) is 2.65. The number of nitrogens with zero attached hydrogens (tertiary/aromatic N) is 3. The third-order valence-electron chi connectivity index (χ3n) is 3.46. The maximum Gasteiger partial charge on any atom is 0.212 e. The van der Waals surface area contributed by atoms with E-state index in [-0.39, 0.29) is 0 Å². The average Bonchev–Trinajstić information content (AvgIpc) is 2.94. The van der Waals surface area contributed by atoms with Crippen LogP contribution in [-0.2, 0) is 0 Å². The average molecular weight is 279 g/mol. The summed E-state index contributed by atoms with van der Waals surface area (Å²) in [7, 11) is 1.62. The van der Waals surface area contributed by atoms with E-state index >= 15 is 0 Å². The Bertz CT molecular complexity index is 760. The van der Waals surface area contributed by atoms with Gasteiger partial charge in [0, 0.05) is 24.0 Å². The van der Waals surface area contributed by atoms with Gasteiger partial charge in [0.1, 0.15) is 0 Å². The minimum Gasteiger partial charge on any atom is -0.481 e. The highest BCUT2D eigenvalue weighted by atomic mass is 16.5. The molecule has 0 atom stereocenters. The molecule has 0 aliphatic heterocycles. The molecule has 0 N–H and O–H groups in total. The standard InChI is InChI=1S/C17H17N3O/c1-12-4-5-14(15-6-7-17(21-3)18-11-15)10-16(12)20-9-8-13(2)19-20/h4-11H,1-3H3. The monoisotopic (exact) mass is 279 g/mol. The third-order valence-corrected chi connectivity index (χ3v) is 3.46. The van der Waals surface area contributed by atoms with Crippen molar-refractivity contribution in [3.63, 3.8) is 0 Å². The number of methoxy groups -OCH3 is 1. The molecule has 0 saturated heterocycles. The fourth-order valence-corrected chi connectivity index (χ4v) is 2.26. The van der Waals surface area contributed by atoms with Gasteiger partial charge in [-0.25, -0.2) is 9.67 Å². The van der Waals surface area contributed by atoms with Crippen LogP contribution in [0.25, 0.3) is 16.8 Å². The van der Waals surface area contributed by atoms with E-state index in [1.165, 1.54) is 5.56 Å². The molecule has 0 aliphatic carbocycles. The summed E-state index contributed by atoms with van der Waals surface area (Å²) in [6.07, 6.45) is 3.80. The van der Waals surface area contributed by atoms with Crippen molar-refractivity contribution >= 4 is 0 Å². The lowest BCUT2D eigenvalue weighted by molar-refractivity contribution is 0.398. The summed E-state index contributed by atoms with van der Waals surface area (Å²) >= 11 is 0. The van der Waals surface area contributed by atoms with Crippen LogP contribution in [0.2, 0.25) is 0 Å². The first kappa shape index (κ1) is 13.4. The van der Waals surface area contributed by atoms with Crippen LogP contribution in [0.3, 0.4) is 0 Å². The van der Waals surface area contributed by atoms with Gasteiger partial charge in [-0.05, 0) is 43.2 Å². The molecule has 3 aromatic rings. The Morgan fingerprint density at radius 3 is 2.43 bits per heavy atom. The number of hydrogen-bond acceptors (Lipinski definition) is 3. The van der Waals surface area contributed by atoms with Crippen molar-refractivity contribution in [2.24, 2.45) is 0 Å². The Labute approximate surface area is 124 Å². The Hall–Kier alpha value is -2.62. The maximum absolute atomic E-state index is 5.09. The predicted octanol–water partition coefficient (Wildman–Crippen LogP) is 3.56. The fourth-order valence-electron chi connectivity index (χ4n) is 2.26. The minimum absolute atomic E-state index is 0.619. The highest BCUT2D eigenvalue weighted by Gasteiger charge is 2.06. The van der Waals surface area contributed by atoms with Crippen LogP contribution in [0.5, 0.6) is 5.88 Å². The zero-order valence-corrected chi connectivity index (χ0v) is 12.4. The van der Waals surface area contributed by atoms with Crippen molar-refractivity contribution in [3.8, 4) is 22.7 Å². The second kappa shape index (κ2) is 5.40. The van der Waals surface area contributed by atoms with Crippen molar-refractivity contribution in [2.45, 2.75) is 13.8 Å². The summed E-state index contributed by atoms with van der Waals surface area (Å²) in [5.74, 6) is 0.619. The lowest BCUT2D eigenvalue weighted by atomic mass is 10.0. The summed E-state index contributed by atoms with van der Waals surface area (Å²) < 4.78 is 7.00. The van der Waals surface area contributed by atoms with Crippen molar-refractivity contribution in [3.05, 3.63) is 60.0 Å². The van der Waals surface area contributed by atoms with Crippen LogP contribution >= 0.6 is 0 Å². The van der Waals surface area contributed by atoms with Gasteiger partial charge in [-0.2, -0.15) is 5.10 Å². The van der Waals surface area contributed by atoms with E-state index in [1.807, 2.05) is 42.2 Å². The van der Waals surface area contributed by atoms with Crippen LogP contribution in [0.1, 0.15) is 11.3 Å². The molecular weight excluding hydrogens is 262 g/mol. The minimum atomic E-state index is 0.619. The molecule has 0 amide bonds. The molecule has 0 bridgehead atoms. The van der Waals surface area contributed by atoms with Crippen LogP contribution in [0, 0.1) is 13.8 Å². The van der Waals surface area contributed by atoms with Crippen LogP contribution in [0.15, 0.2) is 48.8 Å². The molecule has 4 nitrogen and oxygen atoms in total. The van der Waals surface area contributed by atoms with Gasteiger partial charge < -0.3 is 4.74 Å². The number of ether oxygens (including phenoxy) is 1. The number of aryl methyl sites for hydroxylation is 2. The summed E-state index contributed by atoms with van der Waals surface area (Å²) in [6.45, 7) is 4.07. The summed E-state index contributed by atoms with van der Waals surface area (Å²) in [4.78, 5) is 4.26. The van der Waals surface area contributed by atoms with Gasteiger partial charge in [-0.1, -0.05) is 12.1 Å². The van der Waals surface area contributed by atoms with Gasteiger partial charge in [0.25, 0.3) is 0 Å². The predicted molar refractivity (Wildman–Crippen MR) is 82.8 cm³/mol. The molecule has 21 heavy (non-hydrogen) atoms. The normalized spacial score (nSPS) is 10.6. The first-order valence-electron chi connectivity index (χ1n) is 6.81. The van der Waals surface area contributed by atoms with Crippen molar-refractivity contribution in [1.29, 1.82) is 0 Å². The Balaban J connectivity index is 2.04. The maximum atomic E-state index is 5.09. The van der Waals surface area contributed by atoms with Gasteiger partial charge in [0.05, 0.1) is 18.5 Å². The molecule has 4 heteroatoms. The number of rotatable bonds is 3. The molecule has 3 rings (SSSR count). The SMILES string of the molecule is COc1ccc(-c2ccc(C)c(-n3ccc(C)n3)c2)cn1. The molecule has 0 spiro atoms. The quantitative estimate of drug-likeness (QED) is 0.736. The smallest absolute Gasteiger partial charge is 0.212 e. The molecule has 0 aliphatic rings. The summed E-state index contributed by atoms with van der Waals surface area (Å²) in [5, 5.41) is 4.48. The van der Waals surface area contributed by atoms with Crippen molar-refractivity contribution in [2.75, 3.05) is 7.11 Å². The van der Waals surface area contributed by atoms with E-state index in [2.05, 4.69) is 35.2 Å². The number of hydrogen-bond donors (Lipinski definition) is 0. The number of pyridine rings is 1. The molecule has 2 heterocycles. The van der Waals surface area contributed by atoms with Crippen LogP contribution < -0.4 is 4.74 Å². The molecule has 1 aromatic carbocycles. The van der Waals surface area contributed by atoms with Crippen LogP contribution in [0.4, 0.5) is 0 Å². The zero-order valence-electron chi connectivity index (χ0n) is 12.4. The lowest BCUT2D eigenvalue weighted by Gasteiger charge is -2.09. The molecule has 0 saturated carbocycles. The summed E-state index contributed by atoms with van der Waals surface area (Å²) in [6, 6.07) is 12.2. The van der Waals surface area contributed by atoms with Crippen molar-refractivity contribution < 1.29 is 4.74 Å². The molecule has 0 radical (unpaired) electrons. The zero-order chi connectivity index (χ0) is 14.8. The number of aromatic nitrogens is 3. The largest absolute Gasteiger partial charge is 0.481 e. The second-order valence-electron chi connectivity index (χ2n) is 4.99. The summed E-state index contributed by atoms with van der Waals surface area (Å²) in [5.41, 5.74) is 5.44. The highest BCUT2D eigenvalue weighted by Crippen LogP contribution is 2.25. The van der Waals surface area contributed by atoms with E-state index in [0.29, 0.717) is 5.88 Å². The Kier molecular flexibility index (Phi) is 3.44. The Morgan fingerprint density at radius 2 is 1.81 bits per heavy atom. The fraction of sp³-hybridized carbons (Fsp3) is 0.176. The van der Waals surface area contributed by atoms with Gasteiger partial charge in [0.15, 0.2) is 0 Å². The molecular formula is C17H17N3O.